The molecule has 26 heavy (non-hydrogen) atoms. The van der Waals surface area contributed by atoms with E-state index >= 15 is 0 Å². The number of rotatable bonds is 7. The van der Waals surface area contributed by atoms with Gasteiger partial charge in [0, 0.05) is 31.5 Å². The Bertz CT molecular complexity index is 831. The van der Waals surface area contributed by atoms with Crippen molar-refractivity contribution >= 4 is 5.91 Å². The molecule has 1 amide bonds. The summed E-state index contributed by atoms with van der Waals surface area (Å²) >= 11 is 0. The monoisotopic (exact) mass is 353 g/mol. The van der Waals surface area contributed by atoms with Crippen LogP contribution in [-0.4, -0.2) is 39.3 Å². The van der Waals surface area contributed by atoms with Gasteiger partial charge in [-0.2, -0.15) is 5.10 Å². The highest BCUT2D eigenvalue weighted by Gasteiger charge is 2.16. The second-order valence-electron chi connectivity index (χ2n) is 5.98. The molecule has 0 radical (unpaired) electrons. The number of nitrogens with one attached hydrogen (secondary N) is 1. The number of halogens is 1. The molecule has 134 valence electrons. The molecule has 1 heterocycles. The van der Waals surface area contributed by atoms with Crippen LogP contribution in [0.15, 0.2) is 60.8 Å². The van der Waals surface area contributed by atoms with Crippen LogP contribution in [0, 0.1) is 5.82 Å². The van der Waals surface area contributed by atoms with Gasteiger partial charge in [-0.15, -0.1) is 0 Å². The highest BCUT2D eigenvalue weighted by Crippen LogP contribution is 2.18. The molecule has 2 N–H and O–H groups in total. The molecule has 0 bridgehead atoms. The van der Waals surface area contributed by atoms with E-state index < -0.39 is 0 Å². The van der Waals surface area contributed by atoms with Crippen LogP contribution in [0.25, 0.3) is 11.3 Å². The molecular weight excluding hydrogens is 333 g/mol. The van der Waals surface area contributed by atoms with Crippen LogP contribution in [0.2, 0.25) is 0 Å². The van der Waals surface area contributed by atoms with Gasteiger partial charge in [0.1, 0.15) is 5.82 Å². The van der Waals surface area contributed by atoms with Crippen LogP contribution in [0.1, 0.15) is 22.3 Å². The fourth-order valence-electron chi connectivity index (χ4n) is 2.72. The van der Waals surface area contributed by atoms with Crippen LogP contribution in [0.5, 0.6) is 0 Å². The van der Waals surface area contributed by atoms with Crippen molar-refractivity contribution in [3.63, 3.8) is 0 Å². The summed E-state index contributed by atoms with van der Waals surface area (Å²) in [7, 11) is 0. The molecule has 0 saturated carbocycles. The number of H-pyrrole nitrogens is 1. The standard InChI is InChI=1S/C20H20FN3O2/c21-18-8-2-15(3-9-18)14-24(12-1-13-25)20(26)17-6-4-16(5-7-17)19-10-11-22-23-19/h2-11,25H,1,12-14H2,(H,22,23). The van der Waals surface area contributed by atoms with E-state index in [4.69, 9.17) is 5.11 Å². The highest BCUT2D eigenvalue weighted by atomic mass is 19.1. The first kappa shape index (κ1) is 17.8. The zero-order chi connectivity index (χ0) is 18.4. The molecule has 0 aliphatic carbocycles. The first-order chi connectivity index (χ1) is 12.7. The number of hydrogen-bond donors (Lipinski definition) is 2. The van der Waals surface area contributed by atoms with E-state index in [9.17, 15) is 9.18 Å². The van der Waals surface area contributed by atoms with Gasteiger partial charge in [-0.25, -0.2) is 4.39 Å². The number of benzene rings is 2. The smallest absolute Gasteiger partial charge is 0.254 e. The molecule has 0 aliphatic heterocycles. The van der Waals surface area contributed by atoms with E-state index in [1.165, 1.54) is 12.1 Å². The summed E-state index contributed by atoms with van der Waals surface area (Å²) in [6.45, 7) is 0.794. The normalized spacial score (nSPS) is 10.7. The summed E-state index contributed by atoms with van der Waals surface area (Å²) in [5, 5.41) is 15.9. The Labute approximate surface area is 151 Å². The lowest BCUT2D eigenvalue weighted by Gasteiger charge is -2.23. The quantitative estimate of drug-likeness (QED) is 0.685. The van der Waals surface area contributed by atoms with Crippen molar-refractivity contribution in [3.8, 4) is 11.3 Å². The number of carbonyl (C=O) groups excluding carboxylic acids is 1. The predicted molar refractivity (Wildman–Crippen MR) is 96.9 cm³/mol. The first-order valence-corrected chi connectivity index (χ1v) is 8.42. The Morgan fingerprint density at radius 2 is 1.81 bits per heavy atom. The van der Waals surface area contributed by atoms with Crippen molar-refractivity contribution in [2.24, 2.45) is 0 Å². The van der Waals surface area contributed by atoms with Crippen LogP contribution >= 0.6 is 0 Å². The van der Waals surface area contributed by atoms with Gasteiger partial charge in [-0.3, -0.25) is 9.89 Å². The summed E-state index contributed by atoms with van der Waals surface area (Å²) in [5.41, 5.74) is 3.23. The Morgan fingerprint density at radius 1 is 1.08 bits per heavy atom. The Kier molecular flexibility index (Phi) is 5.76. The van der Waals surface area contributed by atoms with E-state index in [0.717, 1.165) is 16.8 Å². The number of carbonyl (C=O) groups is 1. The minimum absolute atomic E-state index is 0.00591. The third-order valence-electron chi connectivity index (χ3n) is 4.10. The SMILES string of the molecule is O=C(c1ccc(-c2ccn[nH]2)cc1)N(CCCO)Cc1ccc(F)cc1. The van der Waals surface area contributed by atoms with Crippen LogP contribution in [-0.2, 0) is 6.54 Å². The van der Waals surface area contributed by atoms with E-state index in [-0.39, 0.29) is 18.3 Å². The number of aliphatic hydroxyl groups is 1. The van der Waals surface area contributed by atoms with Crippen LogP contribution in [0.3, 0.4) is 0 Å². The summed E-state index contributed by atoms with van der Waals surface area (Å²) in [5.74, 6) is -0.435. The minimum atomic E-state index is -0.309. The number of amides is 1. The lowest BCUT2D eigenvalue weighted by atomic mass is 10.1. The van der Waals surface area contributed by atoms with Crippen molar-refractivity contribution in [2.75, 3.05) is 13.2 Å². The summed E-state index contributed by atoms with van der Waals surface area (Å²) in [6, 6.07) is 15.2. The summed E-state index contributed by atoms with van der Waals surface area (Å²) < 4.78 is 13.1. The van der Waals surface area contributed by atoms with Crippen molar-refractivity contribution < 1.29 is 14.3 Å². The van der Waals surface area contributed by atoms with Gasteiger partial charge in [-0.05, 0) is 47.9 Å². The maximum Gasteiger partial charge on any atom is 0.254 e. The Balaban J connectivity index is 1.76. The summed E-state index contributed by atoms with van der Waals surface area (Å²) in [6.07, 6.45) is 2.16. The summed E-state index contributed by atoms with van der Waals surface area (Å²) in [4.78, 5) is 14.5. The highest BCUT2D eigenvalue weighted by molar-refractivity contribution is 5.94. The Morgan fingerprint density at radius 3 is 2.42 bits per heavy atom. The van der Waals surface area contributed by atoms with Crippen molar-refractivity contribution in [3.05, 3.63) is 77.7 Å². The fourth-order valence-corrected chi connectivity index (χ4v) is 2.72. The number of nitrogens with zero attached hydrogens (tertiary/aromatic N) is 2. The number of aromatic amines is 1. The number of hydrogen-bond acceptors (Lipinski definition) is 3. The second kappa shape index (κ2) is 8.40. The third-order valence-corrected chi connectivity index (χ3v) is 4.10. The maximum absolute atomic E-state index is 13.1. The lowest BCUT2D eigenvalue weighted by molar-refractivity contribution is 0.0732. The number of aromatic nitrogens is 2. The molecule has 0 spiro atoms. The van der Waals surface area contributed by atoms with Crippen molar-refractivity contribution in [2.45, 2.75) is 13.0 Å². The zero-order valence-electron chi connectivity index (χ0n) is 14.2. The fraction of sp³-hybridized carbons (Fsp3) is 0.200. The van der Waals surface area contributed by atoms with Crippen LogP contribution in [0.4, 0.5) is 4.39 Å². The maximum atomic E-state index is 13.1. The van der Waals surface area contributed by atoms with Gasteiger partial charge < -0.3 is 10.0 Å². The minimum Gasteiger partial charge on any atom is -0.396 e. The van der Waals surface area contributed by atoms with Gasteiger partial charge in [0.15, 0.2) is 0 Å². The molecule has 6 heteroatoms. The van der Waals surface area contributed by atoms with E-state index in [1.54, 1.807) is 35.4 Å². The average molecular weight is 353 g/mol. The molecule has 3 aromatic rings. The molecule has 2 aromatic carbocycles. The molecule has 0 fully saturated rings. The molecule has 0 aliphatic rings. The van der Waals surface area contributed by atoms with E-state index in [0.29, 0.717) is 25.1 Å². The molecule has 0 atom stereocenters. The molecular formula is C20H20FN3O2. The van der Waals surface area contributed by atoms with Gasteiger partial charge in [-0.1, -0.05) is 24.3 Å². The van der Waals surface area contributed by atoms with E-state index in [2.05, 4.69) is 10.2 Å². The first-order valence-electron chi connectivity index (χ1n) is 8.42. The largest absolute Gasteiger partial charge is 0.396 e. The molecule has 0 unspecified atom stereocenters. The molecule has 5 nitrogen and oxygen atoms in total. The van der Waals surface area contributed by atoms with Gasteiger partial charge in [0.25, 0.3) is 5.91 Å². The molecule has 0 saturated heterocycles. The Hall–Kier alpha value is -2.99. The van der Waals surface area contributed by atoms with Gasteiger partial charge in [0.2, 0.25) is 0 Å². The second-order valence-corrected chi connectivity index (χ2v) is 5.98. The topological polar surface area (TPSA) is 69.2 Å². The van der Waals surface area contributed by atoms with Crippen molar-refractivity contribution in [1.29, 1.82) is 0 Å². The number of aliphatic hydroxyl groups excluding tert-OH is 1. The zero-order valence-corrected chi connectivity index (χ0v) is 14.2. The van der Waals surface area contributed by atoms with Gasteiger partial charge in [0.05, 0.1) is 5.69 Å². The van der Waals surface area contributed by atoms with Gasteiger partial charge >= 0.3 is 0 Å². The lowest BCUT2D eigenvalue weighted by Crippen LogP contribution is -2.32. The van der Waals surface area contributed by atoms with Crippen LogP contribution < -0.4 is 0 Å². The molecule has 3 rings (SSSR count). The predicted octanol–water partition coefficient (Wildman–Crippen LogP) is 3.24. The van der Waals surface area contributed by atoms with Crippen molar-refractivity contribution in [1.82, 2.24) is 15.1 Å². The third kappa shape index (κ3) is 4.34. The average Bonchev–Trinajstić information content (AvgIpc) is 3.21. The molecule has 1 aromatic heterocycles. The van der Waals surface area contributed by atoms with E-state index in [1.807, 2.05) is 18.2 Å².